The standard InChI is InChI=1S/C18H14FN7OS/c1-10-15-23-24-16(17-22-13-8-20-21-9-14(13)28-17)26(15)7-6-25(10)18(27)11-2-4-12(19)5-3-11/h2-5,8-10H,6-7H2,1H3. The normalized spacial score (nSPS) is 16.4. The van der Waals surface area contributed by atoms with Gasteiger partial charge in [0, 0.05) is 18.7 Å². The highest BCUT2D eigenvalue weighted by atomic mass is 32.1. The van der Waals surface area contributed by atoms with Crippen molar-refractivity contribution < 1.29 is 9.18 Å². The highest BCUT2D eigenvalue weighted by Crippen LogP contribution is 2.32. The van der Waals surface area contributed by atoms with Crippen molar-refractivity contribution >= 4 is 27.5 Å². The molecule has 5 rings (SSSR count). The van der Waals surface area contributed by atoms with Gasteiger partial charge in [0.05, 0.1) is 23.1 Å². The number of benzene rings is 1. The second-order valence-electron chi connectivity index (χ2n) is 6.47. The first-order valence-corrected chi connectivity index (χ1v) is 9.50. The molecule has 1 aromatic carbocycles. The number of amides is 1. The predicted octanol–water partition coefficient (Wildman–Crippen LogP) is 2.70. The Morgan fingerprint density at radius 1 is 1.14 bits per heavy atom. The maximum Gasteiger partial charge on any atom is 0.254 e. The van der Waals surface area contributed by atoms with Gasteiger partial charge in [-0.15, -0.1) is 21.5 Å². The number of hydrogen-bond donors (Lipinski definition) is 0. The summed E-state index contributed by atoms with van der Waals surface area (Å²) in [6, 6.07) is 5.32. The Kier molecular flexibility index (Phi) is 3.86. The first-order valence-electron chi connectivity index (χ1n) is 8.69. The zero-order valence-corrected chi connectivity index (χ0v) is 15.6. The molecule has 1 amide bonds. The van der Waals surface area contributed by atoms with E-state index in [2.05, 4.69) is 25.4 Å². The summed E-state index contributed by atoms with van der Waals surface area (Å²) in [6.45, 7) is 2.97. The Balaban J connectivity index is 1.47. The molecule has 140 valence electrons. The van der Waals surface area contributed by atoms with E-state index in [9.17, 15) is 9.18 Å². The van der Waals surface area contributed by atoms with Crippen LogP contribution >= 0.6 is 11.3 Å². The summed E-state index contributed by atoms with van der Waals surface area (Å²) in [5.41, 5.74) is 1.22. The van der Waals surface area contributed by atoms with Crippen molar-refractivity contribution in [2.45, 2.75) is 19.5 Å². The second kappa shape index (κ2) is 6.41. The lowest BCUT2D eigenvalue weighted by molar-refractivity contribution is 0.0638. The highest BCUT2D eigenvalue weighted by Gasteiger charge is 2.32. The van der Waals surface area contributed by atoms with Crippen LogP contribution in [0.4, 0.5) is 4.39 Å². The lowest BCUT2D eigenvalue weighted by Gasteiger charge is -2.33. The lowest BCUT2D eigenvalue weighted by atomic mass is 10.1. The number of thiazole rings is 1. The molecule has 1 aliphatic rings. The fourth-order valence-corrected chi connectivity index (χ4v) is 4.27. The largest absolute Gasteiger partial charge is 0.327 e. The topological polar surface area (TPSA) is 89.7 Å². The van der Waals surface area contributed by atoms with Gasteiger partial charge in [-0.25, -0.2) is 9.37 Å². The van der Waals surface area contributed by atoms with Crippen LogP contribution in [-0.4, -0.2) is 47.3 Å². The molecular weight excluding hydrogens is 381 g/mol. The average molecular weight is 395 g/mol. The zero-order chi connectivity index (χ0) is 19.3. The zero-order valence-electron chi connectivity index (χ0n) is 14.8. The number of nitrogens with zero attached hydrogens (tertiary/aromatic N) is 7. The molecule has 0 saturated carbocycles. The minimum absolute atomic E-state index is 0.152. The molecule has 0 fully saturated rings. The van der Waals surface area contributed by atoms with Gasteiger partial charge in [-0.3, -0.25) is 4.79 Å². The number of carbonyl (C=O) groups excluding carboxylic acids is 1. The van der Waals surface area contributed by atoms with E-state index < -0.39 is 0 Å². The van der Waals surface area contributed by atoms with Gasteiger partial charge >= 0.3 is 0 Å². The third-order valence-corrected chi connectivity index (χ3v) is 5.83. The summed E-state index contributed by atoms with van der Waals surface area (Å²) >= 11 is 1.48. The van der Waals surface area contributed by atoms with Crippen molar-refractivity contribution in [1.29, 1.82) is 0 Å². The molecule has 0 N–H and O–H groups in total. The average Bonchev–Trinajstić information content (AvgIpc) is 3.32. The van der Waals surface area contributed by atoms with E-state index in [4.69, 9.17) is 0 Å². The Morgan fingerprint density at radius 2 is 1.93 bits per heavy atom. The van der Waals surface area contributed by atoms with Gasteiger partial charge in [0.25, 0.3) is 5.91 Å². The molecular formula is C18H14FN7OS. The van der Waals surface area contributed by atoms with E-state index in [-0.39, 0.29) is 17.8 Å². The van der Waals surface area contributed by atoms with Crippen LogP contribution < -0.4 is 0 Å². The third kappa shape index (κ3) is 2.64. The van der Waals surface area contributed by atoms with Crippen LogP contribution in [0.15, 0.2) is 36.7 Å². The van der Waals surface area contributed by atoms with E-state index in [1.807, 2.05) is 11.5 Å². The van der Waals surface area contributed by atoms with Crippen molar-refractivity contribution in [2.24, 2.45) is 0 Å². The van der Waals surface area contributed by atoms with Gasteiger partial charge in [-0.1, -0.05) is 0 Å². The summed E-state index contributed by atoms with van der Waals surface area (Å²) in [6.07, 6.45) is 3.30. The molecule has 8 nitrogen and oxygen atoms in total. The summed E-state index contributed by atoms with van der Waals surface area (Å²) in [5.74, 6) is 0.860. The molecule has 0 bridgehead atoms. The third-order valence-electron chi connectivity index (χ3n) is 4.83. The Morgan fingerprint density at radius 3 is 2.71 bits per heavy atom. The number of aromatic nitrogens is 6. The van der Waals surface area contributed by atoms with Crippen molar-refractivity contribution in [3.63, 3.8) is 0 Å². The van der Waals surface area contributed by atoms with Crippen LogP contribution in [0.2, 0.25) is 0 Å². The van der Waals surface area contributed by atoms with Gasteiger partial charge in [-0.2, -0.15) is 10.2 Å². The molecule has 3 aromatic heterocycles. The fraction of sp³-hybridized carbons (Fsp3) is 0.222. The molecule has 1 aliphatic heterocycles. The molecule has 28 heavy (non-hydrogen) atoms. The van der Waals surface area contributed by atoms with E-state index in [0.29, 0.717) is 30.3 Å². The smallest absolute Gasteiger partial charge is 0.254 e. The molecule has 4 aromatic rings. The predicted molar refractivity (Wildman–Crippen MR) is 100 cm³/mol. The number of halogens is 1. The number of carbonyl (C=O) groups is 1. The van der Waals surface area contributed by atoms with Crippen LogP contribution in [0.1, 0.15) is 29.1 Å². The van der Waals surface area contributed by atoms with Gasteiger partial charge < -0.3 is 9.47 Å². The first-order chi connectivity index (χ1) is 13.6. The molecule has 1 atom stereocenters. The molecule has 0 spiro atoms. The number of fused-ring (bicyclic) bond motifs is 2. The highest BCUT2D eigenvalue weighted by molar-refractivity contribution is 7.21. The molecule has 0 radical (unpaired) electrons. The van der Waals surface area contributed by atoms with Crippen molar-refractivity contribution in [2.75, 3.05) is 6.54 Å². The Labute approximate surface area is 162 Å². The maximum absolute atomic E-state index is 13.1. The molecule has 4 heterocycles. The van der Waals surface area contributed by atoms with Gasteiger partial charge in [0.2, 0.25) is 0 Å². The summed E-state index contributed by atoms with van der Waals surface area (Å²) < 4.78 is 16.1. The first kappa shape index (κ1) is 16.9. The SMILES string of the molecule is CC1c2nnc(-c3nc4cnncc4s3)n2CCN1C(=O)c1ccc(F)cc1. The van der Waals surface area contributed by atoms with Crippen LogP contribution in [0.3, 0.4) is 0 Å². The van der Waals surface area contributed by atoms with Crippen molar-refractivity contribution in [3.8, 4) is 10.8 Å². The molecule has 0 saturated heterocycles. The summed E-state index contributed by atoms with van der Waals surface area (Å²) in [4.78, 5) is 19.2. The van der Waals surface area contributed by atoms with Crippen molar-refractivity contribution in [3.05, 3.63) is 53.9 Å². The molecule has 0 aliphatic carbocycles. The Bertz CT molecular complexity index is 1150. The number of rotatable bonds is 2. The lowest BCUT2D eigenvalue weighted by Crippen LogP contribution is -2.41. The van der Waals surface area contributed by atoms with E-state index >= 15 is 0 Å². The summed E-state index contributed by atoms with van der Waals surface area (Å²) in [7, 11) is 0. The van der Waals surface area contributed by atoms with E-state index in [1.165, 1.54) is 35.6 Å². The van der Waals surface area contributed by atoms with Crippen LogP contribution in [0.5, 0.6) is 0 Å². The number of hydrogen-bond acceptors (Lipinski definition) is 7. The molecule has 10 heteroatoms. The van der Waals surface area contributed by atoms with Crippen molar-refractivity contribution in [1.82, 2.24) is 34.8 Å². The minimum atomic E-state index is -0.367. The monoisotopic (exact) mass is 395 g/mol. The van der Waals surface area contributed by atoms with Gasteiger partial charge in [0.15, 0.2) is 16.7 Å². The van der Waals surface area contributed by atoms with E-state index in [0.717, 1.165) is 15.2 Å². The maximum atomic E-state index is 13.1. The van der Waals surface area contributed by atoms with Crippen LogP contribution in [0.25, 0.3) is 21.0 Å². The van der Waals surface area contributed by atoms with Crippen LogP contribution in [0, 0.1) is 5.82 Å². The quantitative estimate of drug-likeness (QED) is 0.518. The summed E-state index contributed by atoms with van der Waals surface area (Å²) in [5, 5.41) is 17.1. The minimum Gasteiger partial charge on any atom is -0.327 e. The van der Waals surface area contributed by atoms with Gasteiger partial charge in [0.1, 0.15) is 11.3 Å². The fourth-order valence-electron chi connectivity index (χ4n) is 3.38. The second-order valence-corrected chi connectivity index (χ2v) is 7.50. The molecule has 1 unspecified atom stereocenters. The van der Waals surface area contributed by atoms with Crippen LogP contribution in [-0.2, 0) is 6.54 Å². The van der Waals surface area contributed by atoms with E-state index in [1.54, 1.807) is 17.3 Å². The van der Waals surface area contributed by atoms with Gasteiger partial charge in [-0.05, 0) is 31.2 Å². The Hall–Kier alpha value is -3.27.